The number of phenols is 1. The third-order valence-corrected chi connectivity index (χ3v) is 13.1. The van der Waals surface area contributed by atoms with E-state index in [0.29, 0.717) is 34.7 Å². The number of carbonyl (C=O) groups excluding carboxylic acids is 2. The van der Waals surface area contributed by atoms with Crippen molar-refractivity contribution >= 4 is 40.0 Å². The molecule has 0 unspecified atom stereocenters. The third kappa shape index (κ3) is 7.70. The van der Waals surface area contributed by atoms with E-state index in [1.54, 1.807) is 23.5 Å². The number of nitrogens with one attached hydrogen (secondary N) is 2. The first kappa shape index (κ1) is 38.9. The van der Waals surface area contributed by atoms with Gasteiger partial charge in [-0.2, -0.15) is 0 Å². The SMILES string of the molecule is Cc1ncsc1-c1ccc([C@H](C)NC(=O)[C@@H]2C[C@@H](O)CN2C(=O)[C@@H](c2cc(N3CC(CN4CC(c5cc6cc(-c7ccccc7O)nnc6[nH]5)C4)C3)no2)C(C)C)cc1. The molecular weight excluding hydrogens is 767 g/mol. The van der Waals surface area contributed by atoms with Gasteiger partial charge in [-0.25, -0.2) is 4.98 Å². The molecule has 0 spiro atoms. The normalized spacial score (nSPS) is 19.9. The van der Waals surface area contributed by atoms with E-state index in [-0.39, 0.29) is 42.5 Å². The van der Waals surface area contributed by atoms with E-state index >= 15 is 0 Å². The predicted octanol–water partition coefficient (Wildman–Crippen LogP) is 5.86. The number of thiazole rings is 1. The van der Waals surface area contributed by atoms with Gasteiger partial charge in [-0.15, -0.1) is 21.5 Å². The van der Waals surface area contributed by atoms with Crippen LogP contribution in [0.4, 0.5) is 5.82 Å². The highest BCUT2D eigenvalue weighted by atomic mass is 32.1. The maximum absolute atomic E-state index is 14.2. The van der Waals surface area contributed by atoms with E-state index in [4.69, 9.17) is 4.52 Å². The zero-order valence-corrected chi connectivity index (χ0v) is 34.4. The maximum Gasteiger partial charge on any atom is 0.243 e. The van der Waals surface area contributed by atoms with Crippen LogP contribution < -0.4 is 10.2 Å². The Bertz CT molecular complexity index is 2470. The largest absolute Gasteiger partial charge is 0.507 e. The number of amides is 2. The molecule has 0 aliphatic carbocycles. The molecule has 3 fully saturated rings. The van der Waals surface area contributed by atoms with Gasteiger partial charge < -0.3 is 39.7 Å². The number of benzene rings is 2. The van der Waals surface area contributed by atoms with Crippen LogP contribution in [0.1, 0.15) is 67.8 Å². The minimum absolute atomic E-state index is 0.0819. The zero-order chi connectivity index (χ0) is 40.9. The summed E-state index contributed by atoms with van der Waals surface area (Å²) in [5.41, 5.74) is 8.04. The van der Waals surface area contributed by atoms with Crippen molar-refractivity contribution in [2.45, 2.75) is 64.1 Å². The maximum atomic E-state index is 14.2. The number of likely N-dealkylation sites (tertiary alicyclic amines) is 2. The summed E-state index contributed by atoms with van der Waals surface area (Å²) in [5.74, 6) is 0.915. The van der Waals surface area contributed by atoms with Crippen molar-refractivity contribution in [3.8, 4) is 27.4 Å². The van der Waals surface area contributed by atoms with Crippen LogP contribution >= 0.6 is 11.3 Å². The molecule has 0 saturated carbocycles. The van der Waals surface area contributed by atoms with Gasteiger partial charge in [0.05, 0.1) is 33.9 Å². The molecule has 2 amide bonds. The average molecular weight is 816 g/mol. The lowest BCUT2D eigenvalue weighted by atomic mass is 9.90. The molecule has 15 heteroatoms. The number of fused-ring (bicyclic) bond motifs is 1. The highest BCUT2D eigenvalue weighted by Gasteiger charge is 2.44. The highest BCUT2D eigenvalue weighted by Crippen LogP contribution is 2.37. The number of aromatic hydroxyl groups is 1. The molecule has 3 saturated heterocycles. The van der Waals surface area contributed by atoms with Crippen molar-refractivity contribution in [2.24, 2.45) is 11.8 Å². The number of anilines is 1. The molecule has 0 bridgehead atoms. The summed E-state index contributed by atoms with van der Waals surface area (Å²) in [4.78, 5) is 43.0. The number of hydrogen-bond acceptors (Lipinski definition) is 12. The lowest BCUT2D eigenvalue weighted by Gasteiger charge is -2.46. The Balaban J connectivity index is 0.776. The lowest BCUT2D eigenvalue weighted by Crippen LogP contribution is -2.55. The van der Waals surface area contributed by atoms with Crippen molar-refractivity contribution in [3.05, 3.63) is 95.0 Å². The van der Waals surface area contributed by atoms with Crippen molar-refractivity contribution in [2.75, 3.05) is 44.2 Å². The van der Waals surface area contributed by atoms with E-state index in [0.717, 1.165) is 71.1 Å². The second-order valence-electron chi connectivity index (χ2n) is 16.8. The summed E-state index contributed by atoms with van der Waals surface area (Å²) < 4.78 is 5.85. The first-order valence-corrected chi connectivity index (χ1v) is 21.2. The van der Waals surface area contributed by atoms with Gasteiger partial charge in [0, 0.05) is 80.2 Å². The van der Waals surface area contributed by atoms with Gasteiger partial charge in [-0.3, -0.25) is 9.59 Å². The number of para-hydroxylation sites is 1. The number of rotatable bonds is 12. The Kier molecular flexibility index (Phi) is 10.4. The van der Waals surface area contributed by atoms with Crippen LogP contribution in [0.25, 0.3) is 32.7 Å². The summed E-state index contributed by atoms with van der Waals surface area (Å²) in [7, 11) is 0. The molecule has 3 aliphatic rings. The fraction of sp³-hybridized carbons (Fsp3) is 0.409. The van der Waals surface area contributed by atoms with Gasteiger partial charge in [0.2, 0.25) is 11.8 Å². The monoisotopic (exact) mass is 815 g/mol. The van der Waals surface area contributed by atoms with E-state index in [1.165, 1.54) is 4.90 Å². The number of aromatic nitrogens is 5. The van der Waals surface area contributed by atoms with Crippen LogP contribution in [-0.2, 0) is 9.59 Å². The molecule has 9 rings (SSSR count). The lowest BCUT2D eigenvalue weighted by molar-refractivity contribution is -0.141. The van der Waals surface area contributed by atoms with Gasteiger partial charge in [-0.1, -0.05) is 55.4 Å². The summed E-state index contributed by atoms with van der Waals surface area (Å²) in [5, 5.41) is 38.1. The number of β-amino-alcohol motifs (C(OH)–C–C–N with tert-alkyl or cyclic N) is 1. The number of H-pyrrole nitrogens is 1. The standard InChI is InChI=1S/C44H49N9O5S/c1-24(2)40(44(57)53-22-32(54)15-36(53)43(56)46-25(3)28-9-11-29(12-10-28)41-26(4)45-23-59-41)38-16-39(50-58-38)52-18-27(19-52)17-51-20-31(21-51)34-13-30-14-35(48-49-42(30)47-34)33-7-5-6-8-37(33)55/h5-14,16,23-25,27,31-32,36,40,54-55H,15,17-22H2,1-4H3,(H,46,56)(H,47,49)/t25-,32+,36-,40+/m0/s1. The fourth-order valence-corrected chi connectivity index (χ4v) is 9.65. The fourth-order valence-electron chi connectivity index (χ4n) is 8.84. The number of aryl methyl sites for hydroxylation is 1. The number of phenolic OH excluding ortho intramolecular Hbond substituents is 1. The van der Waals surface area contributed by atoms with Gasteiger partial charge in [0.15, 0.2) is 17.2 Å². The molecule has 3 aliphatic heterocycles. The number of nitrogens with zero attached hydrogens (tertiary/aromatic N) is 7. The van der Waals surface area contributed by atoms with Gasteiger partial charge in [0.25, 0.3) is 0 Å². The zero-order valence-electron chi connectivity index (χ0n) is 33.6. The molecule has 2 aromatic carbocycles. The second-order valence-corrected chi connectivity index (χ2v) is 17.6. The molecule has 7 heterocycles. The summed E-state index contributed by atoms with van der Waals surface area (Å²) in [6, 6.07) is 20.1. The first-order valence-electron chi connectivity index (χ1n) is 20.4. The quantitative estimate of drug-likeness (QED) is 0.116. The molecule has 6 aromatic rings. The smallest absolute Gasteiger partial charge is 0.243 e. The predicted molar refractivity (Wildman–Crippen MR) is 225 cm³/mol. The third-order valence-electron chi connectivity index (χ3n) is 12.2. The highest BCUT2D eigenvalue weighted by molar-refractivity contribution is 7.13. The Labute approximate surface area is 346 Å². The topological polar surface area (TPSA) is 177 Å². The molecule has 4 atom stereocenters. The van der Waals surface area contributed by atoms with E-state index in [1.807, 2.05) is 81.7 Å². The Morgan fingerprint density at radius 1 is 1.00 bits per heavy atom. The number of aliphatic hydroxyl groups excluding tert-OH is 1. The molecule has 306 valence electrons. The van der Waals surface area contributed by atoms with Crippen LogP contribution in [0.3, 0.4) is 0 Å². The molecular formula is C44H49N9O5S. The van der Waals surface area contributed by atoms with Crippen molar-refractivity contribution < 1.29 is 24.3 Å². The first-order chi connectivity index (χ1) is 28.5. The number of aliphatic hydroxyl groups is 1. The summed E-state index contributed by atoms with van der Waals surface area (Å²) in [6.07, 6.45) is -0.628. The number of aromatic amines is 1. The van der Waals surface area contributed by atoms with Crippen LogP contribution in [0.2, 0.25) is 0 Å². The van der Waals surface area contributed by atoms with E-state index in [2.05, 4.69) is 46.5 Å². The van der Waals surface area contributed by atoms with Crippen molar-refractivity contribution in [1.29, 1.82) is 0 Å². The number of hydrogen-bond donors (Lipinski definition) is 4. The minimum Gasteiger partial charge on any atom is -0.507 e. The Morgan fingerprint density at radius 3 is 2.51 bits per heavy atom. The molecule has 14 nitrogen and oxygen atoms in total. The van der Waals surface area contributed by atoms with Crippen LogP contribution in [0.15, 0.2) is 76.8 Å². The van der Waals surface area contributed by atoms with Crippen LogP contribution in [0, 0.1) is 18.8 Å². The molecule has 4 N–H and O–H groups in total. The second kappa shape index (κ2) is 15.8. The van der Waals surface area contributed by atoms with Gasteiger partial charge in [0.1, 0.15) is 17.7 Å². The van der Waals surface area contributed by atoms with E-state index < -0.39 is 18.1 Å². The molecule has 4 aromatic heterocycles. The minimum atomic E-state index is -0.800. The number of carbonyl (C=O) groups is 2. The van der Waals surface area contributed by atoms with Gasteiger partial charge >= 0.3 is 0 Å². The van der Waals surface area contributed by atoms with E-state index in [9.17, 15) is 19.8 Å². The van der Waals surface area contributed by atoms with Crippen molar-refractivity contribution in [3.63, 3.8) is 0 Å². The summed E-state index contributed by atoms with van der Waals surface area (Å²) in [6.45, 7) is 12.5. The Hall–Kier alpha value is -5.64. The van der Waals surface area contributed by atoms with Gasteiger partial charge in [-0.05, 0) is 55.2 Å². The summed E-state index contributed by atoms with van der Waals surface area (Å²) >= 11 is 1.60. The molecule has 59 heavy (non-hydrogen) atoms. The Morgan fingerprint density at radius 2 is 1.78 bits per heavy atom. The van der Waals surface area contributed by atoms with Crippen molar-refractivity contribution in [1.82, 2.24) is 40.4 Å². The van der Waals surface area contributed by atoms with Crippen LogP contribution in [-0.4, -0.2) is 109 Å². The van der Waals surface area contributed by atoms with Crippen LogP contribution in [0.5, 0.6) is 5.75 Å². The molecule has 0 radical (unpaired) electrons. The average Bonchev–Trinajstić information content (AvgIpc) is 4.00.